The first-order valence-electron chi connectivity index (χ1n) is 4.12. The molecule has 0 bridgehead atoms. The predicted octanol–water partition coefficient (Wildman–Crippen LogP) is 0.838. The average Bonchev–Trinajstić information content (AvgIpc) is 2.17. The lowest BCUT2D eigenvalue weighted by molar-refractivity contribution is 0.0526. The summed E-state index contributed by atoms with van der Waals surface area (Å²) in [6.45, 7) is 2.00. The van der Waals surface area contributed by atoms with Crippen LogP contribution in [0.3, 0.4) is 0 Å². The first kappa shape index (κ1) is 10.2. The van der Waals surface area contributed by atoms with E-state index in [4.69, 9.17) is 15.9 Å². The van der Waals surface area contributed by atoms with Gasteiger partial charge < -0.3 is 15.9 Å². The van der Waals surface area contributed by atoms with Gasteiger partial charge in [-0.25, -0.2) is 9.78 Å². The Hall–Kier alpha value is -1.91. The van der Waals surface area contributed by atoms with E-state index in [2.05, 4.69) is 4.98 Å². The number of nitrogens with zero attached hydrogens (tertiary/aromatic N) is 1. The van der Waals surface area contributed by atoms with Crippen LogP contribution < -0.4 is 5.73 Å². The molecule has 0 unspecified atom stereocenters. The summed E-state index contributed by atoms with van der Waals surface area (Å²) in [6, 6.07) is 1.48. The molecule has 14 heavy (non-hydrogen) atoms. The van der Waals surface area contributed by atoms with Crippen LogP contribution in [-0.4, -0.2) is 23.8 Å². The number of pyridine rings is 1. The van der Waals surface area contributed by atoms with Gasteiger partial charge in [-0.05, 0) is 13.0 Å². The Morgan fingerprint density at radius 3 is 3.07 bits per heavy atom. The van der Waals surface area contributed by atoms with E-state index >= 15 is 0 Å². The minimum Gasteiger partial charge on any atom is -0.462 e. The van der Waals surface area contributed by atoms with Crippen molar-refractivity contribution >= 4 is 18.0 Å². The van der Waals surface area contributed by atoms with Gasteiger partial charge in [0.15, 0.2) is 0 Å². The van der Waals surface area contributed by atoms with Crippen molar-refractivity contribution in [2.75, 3.05) is 12.3 Å². The number of anilines is 1. The van der Waals surface area contributed by atoms with E-state index in [0.717, 1.165) is 6.21 Å². The van der Waals surface area contributed by atoms with E-state index in [1.54, 1.807) is 6.92 Å². The van der Waals surface area contributed by atoms with Gasteiger partial charge in [0.1, 0.15) is 5.82 Å². The lowest BCUT2D eigenvalue weighted by Crippen LogP contribution is -2.10. The molecular formula is C9H11N3O2. The molecule has 74 valence electrons. The first-order valence-corrected chi connectivity index (χ1v) is 4.12. The number of hydrogen-bond acceptors (Lipinski definition) is 5. The highest BCUT2D eigenvalue weighted by molar-refractivity contribution is 6.01. The lowest BCUT2D eigenvalue weighted by Gasteiger charge is -2.05. The van der Waals surface area contributed by atoms with Crippen LogP contribution in [-0.2, 0) is 4.74 Å². The van der Waals surface area contributed by atoms with Gasteiger partial charge in [-0.15, -0.1) is 0 Å². The van der Waals surface area contributed by atoms with E-state index in [-0.39, 0.29) is 11.4 Å². The Morgan fingerprint density at radius 2 is 2.50 bits per heavy atom. The van der Waals surface area contributed by atoms with Crippen LogP contribution in [0.4, 0.5) is 5.82 Å². The number of hydrogen-bond donors (Lipinski definition) is 2. The van der Waals surface area contributed by atoms with Gasteiger partial charge in [0.05, 0.1) is 12.2 Å². The second kappa shape index (κ2) is 4.36. The summed E-state index contributed by atoms with van der Waals surface area (Å²) < 4.78 is 4.80. The van der Waals surface area contributed by atoms with Crippen molar-refractivity contribution in [2.45, 2.75) is 6.92 Å². The van der Waals surface area contributed by atoms with Crippen LogP contribution in [0.15, 0.2) is 12.3 Å². The number of carbonyl (C=O) groups excluding carboxylic acids is 1. The molecular weight excluding hydrogens is 182 g/mol. The van der Waals surface area contributed by atoms with E-state index in [9.17, 15) is 4.79 Å². The van der Waals surface area contributed by atoms with Crippen molar-refractivity contribution in [3.05, 3.63) is 23.4 Å². The number of ether oxygens (including phenoxy) is 1. The van der Waals surface area contributed by atoms with E-state index in [0.29, 0.717) is 12.2 Å². The minimum absolute atomic E-state index is 0.158. The predicted molar refractivity (Wildman–Crippen MR) is 52.5 cm³/mol. The van der Waals surface area contributed by atoms with Crippen molar-refractivity contribution in [3.63, 3.8) is 0 Å². The summed E-state index contributed by atoms with van der Waals surface area (Å²) in [7, 11) is 0. The van der Waals surface area contributed by atoms with Gasteiger partial charge in [0.2, 0.25) is 0 Å². The molecule has 0 amide bonds. The maximum Gasteiger partial charge on any atom is 0.338 e. The van der Waals surface area contributed by atoms with Crippen molar-refractivity contribution in [1.29, 1.82) is 5.41 Å². The molecule has 5 heteroatoms. The quantitative estimate of drug-likeness (QED) is 0.549. The Bertz CT molecular complexity index is 363. The second-order valence-corrected chi connectivity index (χ2v) is 2.52. The zero-order valence-electron chi connectivity index (χ0n) is 7.78. The third kappa shape index (κ3) is 1.87. The molecule has 1 heterocycles. The normalized spacial score (nSPS) is 9.50. The van der Waals surface area contributed by atoms with Gasteiger partial charge in [-0.1, -0.05) is 0 Å². The van der Waals surface area contributed by atoms with E-state index in [1.165, 1.54) is 12.3 Å². The van der Waals surface area contributed by atoms with Crippen molar-refractivity contribution in [2.24, 2.45) is 0 Å². The zero-order chi connectivity index (χ0) is 10.6. The molecule has 0 aliphatic rings. The lowest BCUT2D eigenvalue weighted by atomic mass is 10.1. The Kier molecular flexibility index (Phi) is 3.17. The number of aromatic nitrogens is 1. The number of rotatable bonds is 3. The van der Waals surface area contributed by atoms with Crippen LogP contribution >= 0.6 is 0 Å². The Labute approximate surface area is 81.4 Å². The second-order valence-electron chi connectivity index (χ2n) is 2.52. The van der Waals surface area contributed by atoms with Crippen molar-refractivity contribution in [1.82, 2.24) is 4.98 Å². The molecule has 0 aliphatic carbocycles. The molecule has 0 saturated heterocycles. The van der Waals surface area contributed by atoms with Crippen molar-refractivity contribution in [3.8, 4) is 0 Å². The van der Waals surface area contributed by atoms with Crippen LogP contribution in [0, 0.1) is 5.41 Å². The number of nitrogens with two attached hydrogens (primary N) is 1. The number of carbonyl (C=O) groups is 1. The molecule has 0 aromatic carbocycles. The molecule has 1 rings (SSSR count). The molecule has 5 nitrogen and oxygen atoms in total. The smallest absolute Gasteiger partial charge is 0.338 e. The van der Waals surface area contributed by atoms with Gasteiger partial charge in [-0.2, -0.15) is 0 Å². The van der Waals surface area contributed by atoms with Crippen LogP contribution in [0.2, 0.25) is 0 Å². The molecule has 0 atom stereocenters. The summed E-state index contributed by atoms with van der Waals surface area (Å²) in [6.07, 6.45) is 2.41. The third-order valence-corrected chi connectivity index (χ3v) is 1.66. The minimum atomic E-state index is -0.486. The standard InChI is InChI=1S/C9H11N3O2/c1-2-14-9(13)6-3-4-12-8(11)7(6)5-10/h3-5,10H,2H2,1H3,(H2,11,12). The molecule has 0 spiro atoms. The topological polar surface area (TPSA) is 89.1 Å². The van der Waals surface area contributed by atoms with E-state index < -0.39 is 5.97 Å². The largest absolute Gasteiger partial charge is 0.462 e. The number of nitrogen functional groups attached to an aromatic ring is 1. The summed E-state index contributed by atoms with van der Waals surface area (Å²) in [5, 5.41) is 7.10. The van der Waals surface area contributed by atoms with E-state index in [1.807, 2.05) is 0 Å². The molecule has 0 aliphatic heterocycles. The van der Waals surface area contributed by atoms with Crippen LogP contribution in [0.25, 0.3) is 0 Å². The first-order chi connectivity index (χ1) is 6.70. The Balaban J connectivity index is 3.13. The summed E-state index contributed by atoms with van der Waals surface area (Å²) >= 11 is 0. The maximum atomic E-state index is 11.4. The highest BCUT2D eigenvalue weighted by Gasteiger charge is 2.13. The van der Waals surface area contributed by atoms with Gasteiger partial charge in [0.25, 0.3) is 0 Å². The summed E-state index contributed by atoms with van der Waals surface area (Å²) in [5.74, 6) is -0.328. The molecule has 1 aromatic rings. The molecule has 3 N–H and O–H groups in total. The maximum absolute atomic E-state index is 11.4. The summed E-state index contributed by atoms with van der Waals surface area (Å²) in [4.78, 5) is 15.1. The van der Waals surface area contributed by atoms with Gasteiger partial charge in [-0.3, -0.25) is 0 Å². The SMILES string of the molecule is CCOC(=O)c1ccnc(N)c1C=N. The van der Waals surface area contributed by atoms with Crippen LogP contribution in [0.5, 0.6) is 0 Å². The fraction of sp³-hybridized carbons (Fsp3) is 0.222. The highest BCUT2D eigenvalue weighted by Crippen LogP contribution is 2.12. The number of nitrogens with one attached hydrogen (secondary N) is 1. The fourth-order valence-electron chi connectivity index (χ4n) is 1.03. The highest BCUT2D eigenvalue weighted by atomic mass is 16.5. The Morgan fingerprint density at radius 1 is 1.79 bits per heavy atom. The number of esters is 1. The molecule has 0 saturated carbocycles. The average molecular weight is 193 g/mol. The molecule has 0 radical (unpaired) electrons. The zero-order valence-corrected chi connectivity index (χ0v) is 7.78. The van der Waals surface area contributed by atoms with Gasteiger partial charge in [0, 0.05) is 18.0 Å². The van der Waals surface area contributed by atoms with Gasteiger partial charge >= 0.3 is 5.97 Å². The van der Waals surface area contributed by atoms with Crippen LogP contribution in [0.1, 0.15) is 22.8 Å². The van der Waals surface area contributed by atoms with Crippen molar-refractivity contribution < 1.29 is 9.53 Å². The fourth-order valence-corrected chi connectivity index (χ4v) is 1.03. The molecule has 0 fully saturated rings. The molecule has 1 aromatic heterocycles. The monoisotopic (exact) mass is 193 g/mol. The summed E-state index contributed by atoms with van der Waals surface area (Å²) in [5.41, 5.74) is 6.07. The third-order valence-electron chi connectivity index (χ3n) is 1.66.